The van der Waals surface area contributed by atoms with Gasteiger partial charge >= 0.3 is 0 Å². The van der Waals surface area contributed by atoms with Crippen LogP contribution in [0.5, 0.6) is 0 Å². The Kier molecular flexibility index (Phi) is 5.33. The summed E-state index contributed by atoms with van der Waals surface area (Å²) in [5.74, 6) is -2.27. The monoisotopic (exact) mass is 336 g/mol. The normalized spacial score (nSPS) is 11.8. The quantitative estimate of drug-likeness (QED) is 0.824. The maximum atomic E-state index is 13.6. The number of thioether (sulfide) groups is 1. The number of primary amides is 1. The average Bonchev–Trinajstić information content (AvgIpc) is 2.50. The fourth-order valence-corrected chi connectivity index (χ4v) is 2.64. The number of halogens is 2. The molecular formula is C16H14F2N2O2S. The Morgan fingerprint density at radius 3 is 2.35 bits per heavy atom. The lowest BCUT2D eigenvalue weighted by atomic mass is 10.2. The van der Waals surface area contributed by atoms with Crippen LogP contribution in [0.25, 0.3) is 0 Å². The van der Waals surface area contributed by atoms with Gasteiger partial charge in [0.2, 0.25) is 11.8 Å². The molecule has 0 aromatic heterocycles. The Morgan fingerprint density at radius 1 is 1.13 bits per heavy atom. The van der Waals surface area contributed by atoms with E-state index in [0.29, 0.717) is 11.3 Å². The van der Waals surface area contributed by atoms with Gasteiger partial charge in [-0.15, -0.1) is 11.8 Å². The molecule has 0 bridgehead atoms. The number of carbonyl (C=O) groups excluding carboxylic acids is 2. The van der Waals surface area contributed by atoms with Crippen molar-refractivity contribution in [1.29, 1.82) is 0 Å². The minimum Gasteiger partial charge on any atom is -0.366 e. The zero-order chi connectivity index (χ0) is 17.0. The molecule has 0 unspecified atom stereocenters. The van der Waals surface area contributed by atoms with Crippen molar-refractivity contribution in [3.8, 4) is 0 Å². The number of hydrogen-bond acceptors (Lipinski definition) is 3. The summed E-state index contributed by atoms with van der Waals surface area (Å²) in [4.78, 5) is 23.3. The van der Waals surface area contributed by atoms with Gasteiger partial charge in [-0.1, -0.05) is 0 Å². The van der Waals surface area contributed by atoms with Gasteiger partial charge in [0.25, 0.3) is 0 Å². The first kappa shape index (κ1) is 17.0. The topological polar surface area (TPSA) is 72.2 Å². The van der Waals surface area contributed by atoms with Crippen molar-refractivity contribution in [2.75, 3.05) is 5.32 Å². The Balaban J connectivity index is 2.00. The maximum absolute atomic E-state index is 13.6. The van der Waals surface area contributed by atoms with E-state index in [1.165, 1.54) is 18.2 Å². The third kappa shape index (κ3) is 4.53. The maximum Gasteiger partial charge on any atom is 0.248 e. The Bertz CT molecular complexity index is 735. The number of carbonyl (C=O) groups is 2. The van der Waals surface area contributed by atoms with Crippen molar-refractivity contribution in [2.45, 2.75) is 17.1 Å². The molecule has 4 nitrogen and oxygen atoms in total. The van der Waals surface area contributed by atoms with Crippen molar-refractivity contribution in [3.05, 3.63) is 59.7 Å². The lowest BCUT2D eigenvalue weighted by Crippen LogP contribution is -2.22. The molecule has 23 heavy (non-hydrogen) atoms. The zero-order valence-corrected chi connectivity index (χ0v) is 13.0. The van der Waals surface area contributed by atoms with E-state index in [1.54, 1.807) is 19.1 Å². The largest absolute Gasteiger partial charge is 0.366 e. The zero-order valence-electron chi connectivity index (χ0n) is 12.2. The lowest BCUT2D eigenvalue weighted by Gasteiger charge is -2.12. The predicted octanol–water partition coefficient (Wildman–Crippen LogP) is 3.18. The fraction of sp³-hybridized carbons (Fsp3) is 0.125. The van der Waals surface area contributed by atoms with Gasteiger partial charge in [0.1, 0.15) is 11.6 Å². The molecule has 0 saturated heterocycles. The number of benzene rings is 2. The van der Waals surface area contributed by atoms with Crippen LogP contribution in [0.3, 0.4) is 0 Å². The summed E-state index contributed by atoms with van der Waals surface area (Å²) in [5.41, 5.74) is 5.96. The molecule has 0 fully saturated rings. The second-order valence-electron chi connectivity index (χ2n) is 4.77. The lowest BCUT2D eigenvalue weighted by molar-refractivity contribution is -0.115. The van der Waals surface area contributed by atoms with Gasteiger partial charge in [-0.3, -0.25) is 9.59 Å². The van der Waals surface area contributed by atoms with E-state index in [4.69, 9.17) is 5.73 Å². The van der Waals surface area contributed by atoms with Crippen LogP contribution in [0.2, 0.25) is 0 Å². The number of hydrogen-bond donors (Lipinski definition) is 2. The molecule has 0 spiro atoms. The van der Waals surface area contributed by atoms with Crippen molar-refractivity contribution in [3.63, 3.8) is 0 Å². The number of nitrogens with two attached hydrogens (primary N) is 1. The third-order valence-electron chi connectivity index (χ3n) is 3.00. The molecule has 2 amide bonds. The SMILES string of the molecule is C[C@@H](Sc1ccc(F)cc1F)C(=O)Nc1ccc(C(N)=O)cc1. The molecule has 0 heterocycles. The minimum absolute atomic E-state index is 0.193. The summed E-state index contributed by atoms with van der Waals surface area (Å²) in [6.45, 7) is 1.61. The number of nitrogens with one attached hydrogen (secondary N) is 1. The summed E-state index contributed by atoms with van der Waals surface area (Å²) in [6.07, 6.45) is 0. The van der Waals surface area contributed by atoms with Crippen LogP contribution in [-0.2, 0) is 4.79 Å². The van der Waals surface area contributed by atoms with Crippen LogP contribution >= 0.6 is 11.8 Å². The number of amides is 2. The molecule has 2 aromatic rings. The van der Waals surface area contributed by atoms with Crippen molar-refractivity contribution >= 4 is 29.3 Å². The van der Waals surface area contributed by atoms with Crippen molar-refractivity contribution in [2.24, 2.45) is 5.73 Å². The van der Waals surface area contributed by atoms with Gasteiger partial charge in [0.05, 0.1) is 5.25 Å². The predicted molar refractivity (Wildman–Crippen MR) is 85.3 cm³/mol. The second-order valence-corrected chi connectivity index (χ2v) is 6.15. The van der Waals surface area contributed by atoms with Gasteiger partial charge in [-0.05, 0) is 43.3 Å². The molecule has 120 valence electrons. The van der Waals surface area contributed by atoms with Gasteiger partial charge in [-0.25, -0.2) is 8.78 Å². The van der Waals surface area contributed by atoms with Crippen molar-refractivity contribution < 1.29 is 18.4 Å². The summed E-state index contributed by atoms with van der Waals surface area (Å²) >= 11 is 0.986. The average molecular weight is 336 g/mol. The van der Waals surface area contributed by atoms with Gasteiger partial charge in [0.15, 0.2) is 0 Å². The molecule has 0 aliphatic carbocycles. The van der Waals surface area contributed by atoms with Gasteiger partial charge in [0, 0.05) is 22.2 Å². The van der Waals surface area contributed by atoms with E-state index in [0.717, 1.165) is 23.9 Å². The molecule has 2 aromatic carbocycles. The molecule has 7 heteroatoms. The highest BCUT2D eigenvalue weighted by atomic mass is 32.2. The first-order valence-corrected chi connectivity index (χ1v) is 7.57. The number of rotatable bonds is 5. The minimum atomic E-state index is -0.708. The van der Waals surface area contributed by atoms with E-state index >= 15 is 0 Å². The highest BCUT2D eigenvalue weighted by Gasteiger charge is 2.17. The fourth-order valence-electron chi connectivity index (χ4n) is 1.78. The van der Waals surface area contributed by atoms with Crippen molar-refractivity contribution in [1.82, 2.24) is 0 Å². The van der Waals surface area contributed by atoms with Gasteiger partial charge < -0.3 is 11.1 Å². The Hall–Kier alpha value is -2.41. The van der Waals surface area contributed by atoms with Crippen LogP contribution in [0.15, 0.2) is 47.4 Å². The second kappa shape index (κ2) is 7.23. The Morgan fingerprint density at radius 2 is 1.78 bits per heavy atom. The van der Waals surface area contributed by atoms with E-state index in [9.17, 15) is 18.4 Å². The molecule has 0 aliphatic heterocycles. The molecule has 1 atom stereocenters. The van der Waals surface area contributed by atoms with E-state index < -0.39 is 22.8 Å². The van der Waals surface area contributed by atoms with Crippen LogP contribution in [0.1, 0.15) is 17.3 Å². The van der Waals surface area contributed by atoms with Gasteiger partial charge in [-0.2, -0.15) is 0 Å². The summed E-state index contributed by atoms with van der Waals surface area (Å²) in [7, 11) is 0. The first-order chi connectivity index (χ1) is 10.9. The van der Waals surface area contributed by atoms with Crippen LogP contribution in [0, 0.1) is 11.6 Å². The molecule has 0 aliphatic rings. The van der Waals surface area contributed by atoms with Crippen LogP contribution in [0.4, 0.5) is 14.5 Å². The van der Waals surface area contributed by atoms with E-state index in [2.05, 4.69) is 5.32 Å². The first-order valence-electron chi connectivity index (χ1n) is 6.69. The highest BCUT2D eigenvalue weighted by Crippen LogP contribution is 2.27. The molecule has 0 saturated carbocycles. The smallest absolute Gasteiger partial charge is 0.248 e. The Labute approximate surface area is 136 Å². The standard InChI is InChI=1S/C16H14F2N2O2S/c1-9(23-14-7-4-11(17)8-13(14)18)16(22)20-12-5-2-10(3-6-12)15(19)21/h2-9H,1H3,(H2,19,21)(H,20,22)/t9-/m1/s1. The summed E-state index contributed by atoms with van der Waals surface area (Å²) in [5, 5.41) is 2.06. The highest BCUT2D eigenvalue weighted by molar-refractivity contribution is 8.00. The molecule has 0 radical (unpaired) electrons. The molecule has 3 N–H and O–H groups in total. The summed E-state index contributed by atoms with van der Waals surface area (Å²) in [6, 6.07) is 9.29. The van der Waals surface area contributed by atoms with E-state index in [-0.39, 0.29) is 10.8 Å². The molecule has 2 rings (SSSR count). The van der Waals surface area contributed by atoms with Crippen LogP contribution in [-0.4, -0.2) is 17.1 Å². The summed E-state index contributed by atoms with van der Waals surface area (Å²) < 4.78 is 26.4. The third-order valence-corrected chi connectivity index (χ3v) is 4.16. The number of anilines is 1. The van der Waals surface area contributed by atoms with Crippen LogP contribution < -0.4 is 11.1 Å². The van der Waals surface area contributed by atoms with E-state index in [1.807, 2.05) is 0 Å². The molecular weight excluding hydrogens is 322 g/mol.